The molecule has 0 bridgehead atoms. The van der Waals surface area contributed by atoms with Gasteiger partial charge in [-0.15, -0.1) is 0 Å². The summed E-state index contributed by atoms with van der Waals surface area (Å²) in [6.45, 7) is 2.60. The first-order valence-electron chi connectivity index (χ1n) is 32.4. The van der Waals surface area contributed by atoms with E-state index >= 15 is 0 Å². The Kier molecular flexibility index (Phi) is 48.4. The first-order chi connectivity index (χ1) is 41.1. The van der Waals surface area contributed by atoms with Crippen molar-refractivity contribution in [1.82, 2.24) is 5.32 Å². The Morgan fingerprint density at radius 2 is 0.833 bits per heavy atom. The molecule has 2 aliphatic rings. The standard InChI is InChI=1S/C70H115NO13/c1-3-5-7-9-11-13-15-17-18-19-20-21-22-23-24-25-26-27-28-29-30-31-32-33-34-35-36-37-38-39-40-42-44-46-48-50-52-54-62(75)71-58(59(74)53-51-49-47-45-43-41-16-14-12-10-8-6-4-2)57-81-69-67(80)65(78)68(61(56-73)83-69)84-70-66(79)64(77)63(76)60(55-72)82-70/h5,7,11-14,17-18,20-21,23-24,26-27,29-30,32-33,43,45,51,53,58-61,63-70,72-74,76-80H,3-4,6,8-10,15-16,19,22,25,28,31,34-42,44,46-50,52,54-57H2,1-2H3,(H,71,75)/b7-5-,13-11-,14-12+,18-17-,21-20-,24-23-,27-26-,30-29-,33-32-,45-43+,53-51+. The SMILES string of the molecule is CC/C=C\C/C=C\C/C=C\C/C=C\C/C=C\C/C=C\C/C=C\C/C=C\CCCCCCCCCCCCCCC(=O)NC(COC1OC(CO)C(OC2OC(CO)C(O)C(O)C2O)C(O)C1O)C(O)/C=C/CC/C=C/CC/C=C/CCCCC. The predicted molar refractivity (Wildman–Crippen MR) is 341 cm³/mol. The van der Waals surface area contributed by atoms with Crippen molar-refractivity contribution in [1.29, 1.82) is 0 Å². The Morgan fingerprint density at radius 3 is 1.31 bits per heavy atom. The fourth-order valence-corrected chi connectivity index (χ4v) is 9.63. The van der Waals surface area contributed by atoms with Gasteiger partial charge in [-0.3, -0.25) is 4.79 Å². The molecule has 2 aliphatic heterocycles. The summed E-state index contributed by atoms with van der Waals surface area (Å²) in [5.41, 5.74) is 0. The van der Waals surface area contributed by atoms with E-state index in [-0.39, 0.29) is 18.9 Å². The van der Waals surface area contributed by atoms with Crippen LogP contribution in [0.25, 0.3) is 0 Å². The molecule has 1 amide bonds. The zero-order valence-corrected chi connectivity index (χ0v) is 51.6. The second-order valence-electron chi connectivity index (χ2n) is 22.1. The third-order valence-corrected chi connectivity index (χ3v) is 14.8. The van der Waals surface area contributed by atoms with Gasteiger partial charge < -0.3 is 65.1 Å². The number of aliphatic hydroxyl groups is 8. The van der Waals surface area contributed by atoms with E-state index < -0.39 is 86.8 Å². The molecule has 0 saturated carbocycles. The number of aliphatic hydroxyl groups excluding tert-OH is 8. The smallest absolute Gasteiger partial charge is 0.220 e. The van der Waals surface area contributed by atoms with Crippen molar-refractivity contribution >= 4 is 5.91 Å². The van der Waals surface area contributed by atoms with Crippen LogP contribution in [-0.4, -0.2) is 140 Å². The Balaban J connectivity index is 1.64. The number of hydrogen-bond donors (Lipinski definition) is 9. The number of carbonyl (C=O) groups is 1. The van der Waals surface area contributed by atoms with Crippen molar-refractivity contribution in [3.05, 3.63) is 134 Å². The highest BCUT2D eigenvalue weighted by Crippen LogP contribution is 2.30. The molecule has 2 saturated heterocycles. The van der Waals surface area contributed by atoms with E-state index in [4.69, 9.17) is 18.9 Å². The molecule has 14 heteroatoms. The Bertz CT molecular complexity index is 1920. The number of unbranched alkanes of at least 4 members (excludes halogenated alkanes) is 17. The number of allylic oxidation sites excluding steroid dienone is 21. The molecule has 14 nitrogen and oxygen atoms in total. The second-order valence-corrected chi connectivity index (χ2v) is 22.1. The number of hydrogen-bond acceptors (Lipinski definition) is 13. The van der Waals surface area contributed by atoms with Crippen LogP contribution in [0.2, 0.25) is 0 Å². The van der Waals surface area contributed by atoms with E-state index in [0.29, 0.717) is 12.8 Å². The van der Waals surface area contributed by atoms with Crippen LogP contribution in [0.3, 0.4) is 0 Å². The maximum atomic E-state index is 13.3. The summed E-state index contributed by atoms with van der Waals surface area (Å²) >= 11 is 0. The van der Waals surface area contributed by atoms with Crippen LogP contribution < -0.4 is 5.32 Å². The lowest BCUT2D eigenvalue weighted by Crippen LogP contribution is -2.65. The lowest BCUT2D eigenvalue weighted by atomic mass is 9.97. The zero-order valence-electron chi connectivity index (χ0n) is 51.6. The van der Waals surface area contributed by atoms with Gasteiger partial charge in [0.15, 0.2) is 12.6 Å². The first-order valence-corrected chi connectivity index (χ1v) is 32.4. The third-order valence-electron chi connectivity index (χ3n) is 14.8. The van der Waals surface area contributed by atoms with Gasteiger partial charge in [0.1, 0.15) is 48.8 Å². The largest absolute Gasteiger partial charge is 0.394 e. The quantitative estimate of drug-likeness (QED) is 0.0204. The molecule has 84 heavy (non-hydrogen) atoms. The van der Waals surface area contributed by atoms with Crippen molar-refractivity contribution in [2.75, 3.05) is 19.8 Å². The van der Waals surface area contributed by atoms with Crippen LogP contribution >= 0.6 is 0 Å². The van der Waals surface area contributed by atoms with E-state index in [1.54, 1.807) is 6.08 Å². The van der Waals surface area contributed by atoms with Gasteiger partial charge >= 0.3 is 0 Å². The molecule has 0 aromatic rings. The number of rotatable bonds is 50. The zero-order chi connectivity index (χ0) is 60.9. The van der Waals surface area contributed by atoms with Crippen LogP contribution in [0, 0.1) is 0 Å². The molecule has 12 unspecified atom stereocenters. The summed E-state index contributed by atoms with van der Waals surface area (Å²) in [7, 11) is 0. The van der Waals surface area contributed by atoms with Gasteiger partial charge in [0.25, 0.3) is 0 Å². The minimum Gasteiger partial charge on any atom is -0.394 e. The number of amides is 1. The molecule has 12 atom stereocenters. The Hall–Kier alpha value is -3.87. The molecule has 478 valence electrons. The Morgan fingerprint density at radius 1 is 0.440 bits per heavy atom. The van der Waals surface area contributed by atoms with Gasteiger partial charge in [0, 0.05) is 6.42 Å². The first kappa shape index (κ1) is 76.2. The average molecular weight is 1180 g/mol. The molecule has 0 aromatic carbocycles. The van der Waals surface area contributed by atoms with Crippen molar-refractivity contribution in [2.24, 2.45) is 0 Å². The van der Waals surface area contributed by atoms with Crippen molar-refractivity contribution in [2.45, 2.75) is 280 Å². The summed E-state index contributed by atoms with van der Waals surface area (Å²) in [6, 6.07) is -0.947. The van der Waals surface area contributed by atoms with Crippen molar-refractivity contribution in [3.8, 4) is 0 Å². The number of nitrogens with one attached hydrogen (secondary N) is 1. The minimum atomic E-state index is -1.80. The highest BCUT2D eigenvalue weighted by atomic mass is 16.7. The molecule has 2 fully saturated rings. The van der Waals surface area contributed by atoms with Crippen LogP contribution in [0.15, 0.2) is 134 Å². The predicted octanol–water partition coefficient (Wildman–Crippen LogP) is 12.3. The van der Waals surface area contributed by atoms with Gasteiger partial charge in [-0.2, -0.15) is 0 Å². The van der Waals surface area contributed by atoms with Gasteiger partial charge in [-0.05, 0) is 109 Å². The topological polar surface area (TPSA) is 228 Å². The minimum absolute atomic E-state index is 0.259. The molecule has 2 rings (SSSR count). The molecular formula is C70H115NO13. The third kappa shape index (κ3) is 37.6. The monoisotopic (exact) mass is 1180 g/mol. The van der Waals surface area contributed by atoms with E-state index in [1.165, 1.54) is 70.6 Å². The second kappa shape index (κ2) is 53.4. The molecule has 0 radical (unpaired) electrons. The molecule has 0 aliphatic carbocycles. The van der Waals surface area contributed by atoms with E-state index in [0.717, 1.165) is 103 Å². The van der Waals surface area contributed by atoms with Crippen molar-refractivity contribution in [3.63, 3.8) is 0 Å². The summed E-state index contributed by atoms with van der Waals surface area (Å²) in [5.74, 6) is -0.263. The van der Waals surface area contributed by atoms with Crippen LogP contribution in [-0.2, 0) is 23.7 Å². The van der Waals surface area contributed by atoms with Gasteiger partial charge in [0.2, 0.25) is 5.91 Å². The maximum absolute atomic E-state index is 13.3. The molecule has 9 N–H and O–H groups in total. The molecular weight excluding hydrogens is 1060 g/mol. The van der Waals surface area contributed by atoms with Gasteiger partial charge in [0.05, 0.1) is 32.0 Å². The summed E-state index contributed by atoms with van der Waals surface area (Å²) < 4.78 is 22.7. The van der Waals surface area contributed by atoms with Crippen LogP contribution in [0.5, 0.6) is 0 Å². The number of ether oxygens (including phenoxy) is 4. The fourth-order valence-electron chi connectivity index (χ4n) is 9.63. The Labute approximate surface area is 507 Å². The fraction of sp³-hybridized carbons (Fsp3) is 0.671. The molecule has 0 aromatic heterocycles. The van der Waals surface area contributed by atoms with Gasteiger partial charge in [-0.25, -0.2) is 0 Å². The van der Waals surface area contributed by atoms with E-state index in [2.05, 4.69) is 141 Å². The normalized spacial score (nSPS) is 24.6. The lowest BCUT2D eigenvalue weighted by molar-refractivity contribution is -0.359. The summed E-state index contributed by atoms with van der Waals surface area (Å²) in [6.07, 6.45) is 62.2. The van der Waals surface area contributed by atoms with Gasteiger partial charge in [-0.1, -0.05) is 225 Å². The summed E-state index contributed by atoms with van der Waals surface area (Å²) in [5, 5.41) is 87.0. The summed E-state index contributed by atoms with van der Waals surface area (Å²) in [4.78, 5) is 13.3. The lowest BCUT2D eigenvalue weighted by Gasteiger charge is -2.46. The van der Waals surface area contributed by atoms with E-state index in [1.807, 2.05) is 6.08 Å². The number of carbonyl (C=O) groups excluding carboxylic acids is 1. The van der Waals surface area contributed by atoms with Crippen LogP contribution in [0.4, 0.5) is 0 Å². The van der Waals surface area contributed by atoms with Crippen molar-refractivity contribution < 1.29 is 64.6 Å². The van der Waals surface area contributed by atoms with Crippen LogP contribution in [0.1, 0.15) is 206 Å². The molecule has 0 spiro atoms. The van der Waals surface area contributed by atoms with E-state index in [9.17, 15) is 45.6 Å². The molecule has 2 heterocycles. The average Bonchev–Trinajstić information content (AvgIpc) is 2.58. The highest BCUT2D eigenvalue weighted by molar-refractivity contribution is 5.76. The maximum Gasteiger partial charge on any atom is 0.220 e. The highest BCUT2D eigenvalue weighted by Gasteiger charge is 2.51.